The standard InChI is InChI=1S/C18H15P.C2H5B3.Ru/c1-4-10-16(11-5-1)19(17-12-6-2-7-13-17)18-14-8-3-9-15-18;1-2-4-5-3;/h1-15H;2H2,1H3;. The van der Waals surface area contributed by atoms with Gasteiger partial charge in [0.25, 0.3) is 0 Å². The molecular formula is C20H20B3PRu. The van der Waals surface area contributed by atoms with Gasteiger partial charge in [-0.25, -0.2) is 0 Å². The molecule has 25 heavy (non-hydrogen) atoms. The average Bonchev–Trinajstić information content (AvgIpc) is 2.66. The van der Waals surface area contributed by atoms with Crippen LogP contribution in [0.25, 0.3) is 0 Å². The van der Waals surface area contributed by atoms with Crippen LogP contribution in [0, 0.1) is 0 Å². The molecule has 122 valence electrons. The number of rotatable bonds is 5. The zero-order chi connectivity index (χ0) is 17.0. The summed E-state index contributed by atoms with van der Waals surface area (Å²) in [5.41, 5.74) is 0. The Morgan fingerprint density at radius 3 is 1.20 bits per heavy atom. The Balaban J connectivity index is 0.000000462. The Morgan fingerprint density at radius 1 is 0.680 bits per heavy atom. The van der Waals surface area contributed by atoms with Crippen LogP contribution in [0.2, 0.25) is 6.32 Å². The molecule has 5 heteroatoms. The number of hydrogen-bond acceptors (Lipinski definition) is 0. The maximum atomic E-state index is 4.96. The molecule has 0 spiro atoms. The maximum Gasteiger partial charge on any atom is 0.0541 e. The van der Waals surface area contributed by atoms with E-state index in [4.69, 9.17) is 7.74 Å². The summed E-state index contributed by atoms with van der Waals surface area (Å²) in [5, 5.41) is 4.19. The van der Waals surface area contributed by atoms with Crippen molar-refractivity contribution in [2.45, 2.75) is 13.2 Å². The van der Waals surface area contributed by atoms with Crippen molar-refractivity contribution in [3.05, 3.63) is 91.0 Å². The molecule has 0 atom stereocenters. The minimum Gasteiger partial charge on any atom is -0.0923 e. The summed E-state index contributed by atoms with van der Waals surface area (Å²) in [6.07, 6.45) is 1.04. The van der Waals surface area contributed by atoms with Gasteiger partial charge in [-0.05, 0) is 23.8 Å². The van der Waals surface area contributed by atoms with Gasteiger partial charge in [-0.2, -0.15) is 0 Å². The second-order valence-corrected chi connectivity index (χ2v) is 7.40. The fourth-order valence-electron chi connectivity index (χ4n) is 2.31. The Morgan fingerprint density at radius 2 is 1.00 bits per heavy atom. The van der Waals surface area contributed by atoms with Gasteiger partial charge in [0.15, 0.2) is 0 Å². The van der Waals surface area contributed by atoms with Crippen LogP contribution in [0.4, 0.5) is 0 Å². The van der Waals surface area contributed by atoms with Gasteiger partial charge in [0.1, 0.15) is 0 Å². The van der Waals surface area contributed by atoms with E-state index in [2.05, 4.69) is 91.0 Å². The van der Waals surface area contributed by atoms with E-state index in [9.17, 15) is 0 Å². The molecule has 0 aliphatic heterocycles. The molecule has 0 fully saturated rings. The SMILES string of the molecule is [B][B][B]CC.[Ru].c1ccc(P(c2ccccc2)c2ccccc2)cc1. The van der Waals surface area contributed by atoms with Gasteiger partial charge in [-0.15, -0.1) is 0 Å². The predicted octanol–water partition coefficient (Wildman–Crippen LogP) is 3.27. The Bertz CT molecular complexity index is 585. The van der Waals surface area contributed by atoms with Crippen molar-refractivity contribution in [3.8, 4) is 0 Å². The zero-order valence-corrected chi connectivity index (χ0v) is 17.0. The van der Waals surface area contributed by atoms with Crippen molar-refractivity contribution in [3.63, 3.8) is 0 Å². The van der Waals surface area contributed by atoms with E-state index < -0.39 is 7.92 Å². The van der Waals surface area contributed by atoms with Gasteiger partial charge in [0.2, 0.25) is 0 Å². The van der Waals surface area contributed by atoms with Crippen LogP contribution >= 0.6 is 7.92 Å². The van der Waals surface area contributed by atoms with Crippen LogP contribution in [-0.4, -0.2) is 22.0 Å². The third-order valence-corrected chi connectivity index (χ3v) is 5.86. The van der Waals surface area contributed by atoms with E-state index in [0.29, 0.717) is 0 Å². The maximum absolute atomic E-state index is 4.96. The molecule has 3 aromatic rings. The molecule has 0 aliphatic rings. The molecule has 0 heterocycles. The zero-order valence-electron chi connectivity index (χ0n) is 14.4. The van der Waals surface area contributed by atoms with Crippen LogP contribution in [0.15, 0.2) is 91.0 Å². The summed E-state index contributed by atoms with van der Waals surface area (Å²) in [4.78, 5) is 0. The van der Waals surface area contributed by atoms with Gasteiger partial charge in [-0.3, -0.25) is 0 Å². The van der Waals surface area contributed by atoms with Gasteiger partial charge in [0, 0.05) is 34.3 Å². The van der Waals surface area contributed by atoms with Crippen LogP contribution in [0.5, 0.6) is 0 Å². The summed E-state index contributed by atoms with van der Waals surface area (Å²) in [6.45, 7) is 2.04. The van der Waals surface area contributed by atoms with Crippen molar-refractivity contribution in [2.75, 3.05) is 0 Å². The molecule has 0 amide bonds. The largest absolute Gasteiger partial charge is 0.0923 e. The molecule has 0 saturated heterocycles. The first-order chi connectivity index (χ1) is 11.9. The third-order valence-electron chi connectivity index (χ3n) is 3.41. The molecule has 3 rings (SSSR count). The molecule has 4 radical (unpaired) electrons. The van der Waals surface area contributed by atoms with Crippen molar-refractivity contribution < 1.29 is 19.5 Å². The summed E-state index contributed by atoms with van der Waals surface area (Å²) in [7, 11) is 7.97. The van der Waals surface area contributed by atoms with Gasteiger partial charge in [0.05, 0.1) is 7.17 Å². The smallest absolute Gasteiger partial charge is 0.0541 e. The molecule has 3 aromatic carbocycles. The van der Waals surface area contributed by atoms with Crippen LogP contribution in [0.1, 0.15) is 6.92 Å². The third kappa shape index (κ3) is 7.35. The first-order valence-electron chi connectivity index (χ1n) is 8.18. The molecular weight excluding hydrogens is 405 g/mol. The minimum atomic E-state index is -0.446. The molecule has 0 aromatic heterocycles. The topological polar surface area (TPSA) is 0 Å². The van der Waals surface area contributed by atoms with E-state index in [-0.39, 0.29) is 19.5 Å². The van der Waals surface area contributed by atoms with E-state index in [0.717, 1.165) is 6.32 Å². The molecule has 0 aliphatic carbocycles. The fourth-order valence-corrected chi connectivity index (χ4v) is 4.62. The number of hydrogen-bond donors (Lipinski definition) is 0. The average molecular weight is 425 g/mol. The molecule has 0 nitrogen and oxygen atoms in total. The van der Waals surface area contributed by atoms with E-state index in [1.807, 2.05) is 14.1 Å². The predicted molar refractivity (Wildman–Crippen MR) is 113 cm³/mol. The quantitative estimate of drug-likeness (QED) is 0.435. The first kappa shape index (κ1) is 22.0. The van der Waals surface area contributed by atoms with Gasteiger partial charge >= 0.3 is 0 Å². The van der Waals surface area contributed by atoms with Gasteiger partial charge in [-0.1, -0.05) is 104 Å². The first-order valence-corrected chi connectivity index (χ1v) is 9.53. The second kappa shape index (κ2) is 13.2. The van der Waals surface area contributed by atoms with Crippen LogP contribution in [-0.2, 0) is 19.5 Å². The monoisotopic (exact) mass is 426 g/mol. The normalized spacial score (nSPS) is 9.36. The van der Waals surface area contributed by atoms with Crippen LogP contribution in [0.3, 0.4) is 0 Å². The van der Waals surface area contributed by atoms with E-state index >= 15 is 0 Å². The minimum absolute atomic E-state index is 0. The fraction of sp³-hybridized carbons (Fsp3) is 0.100. The van der Waals surface area contributed by atoms with Crippen molar-refractivity contribution in [2.24, 2.45) is 0 Å². The summed E-state index contributed by atoms with van der Waals surface area (Å²) >= 11 is 0. The Hall–Kier alpha value is -1.09. The van der Waals surface area contributed by atoms with E-state index in [1.165, 1.54) is 15.9 Å². The Kier molecular flexibility index (Phi) is 11.6. The molecule has 0 saturated carbocycles. The van der Waals surface area contributed by atoms with E-state index in [1.54, 1.807) is 7.06 Å². The van der Waals surface area contributed by atoms with Crippen molar-refractivity contribution >= 4 is 45.8 Å². The summed E-state index contributed by atoms with van der Waals surface area (Å²) < 4.78 is 0. The van der Waals surface area contributed by atoms with Crippen LogP contribution < -0.4 is 15.9 Å². The molecule has 0 bridgehead atoms. The second-order valence-electron chi connectivity index (χ2n) is 5.18. The van der Waals surface area contributed by atoms with Crippen molar-refractivity contribution in [1.82, 2.24) is 0 Å². The summed E-state index contributed by atoms with van der Waals surface area (Å²) in [5.74, 6) is 0. The summed E-state index contributed by atoms with van der Waals surface area (Å²) in [6, 6.07) is 32.3. The molecule has 0 N–H and O–H groups in total. The molecule has 0 unspecified atom stereocenters. The Labute approximate surface area is 169 Å². The van der Waals surface area contributed by atoms with Crippen molar-refractivity contribution in [1.29, 1.82) is 0 Å². The number of benzene rings is 3. The van der Waals surface area contributed by atoms with Gasteiger partial charge < -0.3 is 0 Å².